The van der Waals surface area contributed by atoms with E-state index in [4.69, 9.17) is 10.2 Å². The lowest BCUT2D eigenvalue weighted by Crippen LogP contribution is -2.48. The van der Waals surface area contributed by atoms with E-state index in [9.17, 15) is 9.59 Å². The zero-order valence-electron chi connectivity index (χ0n) is 14.3. The van der Waals surface area contributed by atoms with Gasteiger partial charge in [0.1, 0.15) is 6.26 Å². The second-order valence-electron chi connectivity index (χ2n) is 7.19. The predicted octanol–water partition coefficient (Wildman–Crippen LogP) is 3.24. The predicted molar refractivity (Wildman–Crippen MR) is 93.4 cm³/mol. The Labute approximate surface area is 146 Å². The van der Waals surface area contributed by atoms with Crippen LogP contribution in [-0.2, 0) is 0 Å². The number of primary amides is 1. The number of nitrogens with two attached hydrogens (primary N) is 1. The van der Waals surface area contributed by atoms with Crippen LogP contribution in [0.25, 0.3) is 0 Å². The van der Waals surface area contributed by atoms with Crippen molar-refractivity contribution in [2.75, 3.05) is 0 Å². The number of benzene rings is 1. The molecule has 0 saturated heterocycles. The first-order chi connectivity index (χ1) is 12.0. The third-order valence-electron chi connectivity index (χ3n) is 5.40. The molecule has 25 heavy (non-hydrogen) atoms. The van der Waals surface area contributed by atoms with E-state index in [2.05, 4.69) is 31.2 Å². The molecule has 2 aliphatic rings. The normalized spacial score (nSPS) is 22.3. The quantitative estimate of drug-likeness (QED) is 0.909. The van der Waals surface area contributed by atoms with Crippen LogP contribution in [0, 0.1) is 6.92 Å². The van der Waals surface area contributed by atoms with Crippen molar-refractivity contribution in [1.29, 1.82) is 0 Å². The maximum atomic E-state index is 12.9. The van der Waals surface area contributed by atoms with Crippen molar-refractivity contribution in [3.8, 4) is 0 Å². The standard InChI is InChI=1S/C20H22N2O3/c1-12-4-2-3-5-17(12)13-8-16(9-13)22(15-6-7-15)20(24)18-10-14(11-25-18)19(21)23/h2-5,10-11,13,15-16H,6-9H2,1H3,(H2,21,23). The van der Waals surface area contributed by atoms with E-state index in [0.29, 0.717) is 12.0 Å². The Morgan fingerprint density at radius 1 is 1.16 bits per heavy atom. The van der Waals surface area contributed by atoms with E-state index < -0.39 is 5.91 Å². The molecule has 1 aromatic heterocycles. The van der Waals surface area contributed by atoms with Gasteiger partial charge in [-0.1, -0.05) is 24.3 Å². The Bertz CT molecular complexity index is 816. The Hall–Kier alpha value is -2.56. The van der Waals surface area contributed by atoms with Crippen molar-refractivity contribution in [1.82, 2.24) is 4.90 Å². The molecule has 130 valence electrons. The van der Waals surface area contributed by atoms with Crippen LogP contribution in [0.1, 0.15) is 63.6 Å². The summed E-state index contributed by atoms with van der Waals surface area (Å²) in [5.41, 5.74) is 8.18. The van der Waals surface area contributed by atoms with Crippen LogP contribution in [0.5, 0.6) is 0 Å². The molecule has 0 atom stereocenters. The van der Waals surface area contributed by atoms with Gasteiger partial charge in [-0.2, -0.15) is 0 Å². The molecule has 2 amide bonds. The molecule has 5 heteroatoms. The molecule has 2 aliphatic carbocycles. The van der Waals surface area contributed by atoms with Gasteiger partial charge >= 0.3 is 0 Å². The van der Waals surface area contributed by atoms with E-state index >= 15 is 0 Å². The molecule has 2 N–H and O–H groups in total. The van der Waals surface area contributed by atoms with Gasteiger partial charge in [0.2, 0.25) is 0 Å². The number of rotatable bonds is 5. The fourth-order valence-corrected chi connectivity index (χ4v) is 3.80. The van der Waals surface area contributed by atoms with Gasteiger partial charge in [0.05, 0.1) is 5.56 Å². The average Bonchev–Trinajstić information content (AvgIpc) is 3.25. The van der Waals surface area contributed by atoms with E-state index in [0.717, 1.165) is 25.7 Å². The van der Waals surface area contributed by atoms with Gasteiger partial charge in [-0.3, -0.25) is 9.59 Å². The van der Waals surface area contributed by atoms with Gasteiger partial charge in [-0.25, -0.2) is 0 Å². The third kappa shape index (κ3) is 2.95. The summed E-state index contributed by atoms with van der Waals surface area (Å²) in [6, 6.07) is 10.5. The first-order valence-corrected chi connectivity index (χ1v) is 8.81. The van der Waals surface area contributed by atoms with Crippen LogP contribution >= 0.6 is 0 Å². The average molecular weight is 338 g/mol. The summed E-state index contributed by atoms with van der Waals surface area (Å²) in [5.74, 6) is 0.0188. The molecule has 1 aromatic carbocycles. The number of nitrogens with zero attached hydrogens (tertiary/aromatic N) is 1. The first-order valence-electron chi connectivity index (χ1n) is 8.81. The van der Waals surface area contributed by atoms with Crippen molar-refractivity contribution in [2.24, 2.45) is 5.73 Å². The molecule has 0 aliphatic heterocycles. The number of aryl methyl sites for hydroxylation is 1. The lowest BCUT2D eigenvalue weighted by Gasteiger charge is -2.43. The van der Waals surface area contributed by atoms with E-state index in [1.807, 2.05) is 4.90 Å². The molecule has 5 nitrogen and oxygen atoms in total. The summed E-state index contributed by atoms with van der Waals surface area (Å²) in [6.07, 6.45) is 5.31. The third-order valence-corrected chi connectivity index (χ3v) is 5.40. The molecule has 2 aromatic rings. The lowest BCUT2D eigenvalue weighted by molar-refractivity contribution is 0.0485. The molecule has 0 unspecified atom stereocenters. The highest BCUT2D eigenvalue weighted by Gasteiger charge is 2.44. The summed E-state index contributed by atoms with van der Waals surface area (Å²) in [5, 5.41) is 0. The van der Waals surface area contributed by atoms with Crippen LogP contribution in [0.3, 0.4) is 0 Å². The van der Waals surface area contributed by atoms with Crippen LogP contribution in [0.4, 0.5) is 0 Å². The fourth-order valence-electron chi connectivity index (χ4n) is 3.80. The second kappa shape index (κ2) is 6.06. The smallest absolute Gasteiger partial charge is 0.290 e. The molecule has 0 radical (unpaired) electrons. The maximum Gasteiger partial charge on any atom is 0.290 e. The van der Waals surface area contributed by atoms with E-state index in [1.54, 1.807) is 0 Å². The topological polar surface area (TPSA) is 76.5 Å². The molecular weight excluding hydrogens is 316 g/mol. The van der Waals surface area contributed by atoms with E-state index in [1.165, 1.54) is 23.5 Å². The van der Waals surface area contributed by atoms with Crippen LogP contribution in [0.15, 0.2) is 41.0 Å². The summed E-state index contributed by atoms with van der Waals surface area (Å²) in [7, 11) is 0. The van der Waals surface area contributed by atoms with Gasteiger partial charge in [0, 0.05) is 18.2 Å². The number of carbonyl (C=O) groups excluding carboxylic acids is 2. The Balaban J connectivity index is 1.48. The zero-order chi connectivity index (χ0) is 17.6. The minimum Gasteiger partial charge on any atom is -0.458 e. The number of carbonyl (C=O) groups is 2. The minimum atomic E-state index is -0.580. The largest absolute Gasteiger partial charge is 0.458 e. The van der Waals surface area contributed by atoms with Crippen molar-refractivity contribution in [3.05, 3.63) is 59.0 Å². The molecule has 2 saturated carbocycles. The number of furan rings is 1. The Morgan fingerprint density at radius 3 is 2.48 bits per heavy atom. The van der Waals surface area contributed by atoms with E-state index in [-0.39, 0.29) is 23.3 Å². The molecule has 1 heterocycles. The minimum absolute atomic E-state index is 0.122. The number of amides is 2. The number of hydrogen-bond acceptors (Lipinski definition) is 3. The summed E-state index contributed by atoms with van der Waals surface area (Å²) >= 11 is 0. The summed E-state index contributed by atoms with van der Waals surface area (Å²) in [4.78, 5) is 26.1. The van der Waals surface area contributed by atoms with Crippen molar-refractivity contribution < 1.29 is 14.0 Å². The van der Waals surface area contributed by atoms with Crippen LogP contribution < -0.4 is 5.73 Å². The van der Waals surface area contributed by atoms with Crippen molar-refractivity contribution in [3.63, 3.8) is 0 Å². The zero-order valence-corrected chi connectivity index (χ0v) is 14.3. The lowest BCUT2D eigenvalue weighted by atomic mass is 9.73. The summed E-state index contributed by atoms with van der Waals surface area (Å²) < 4.78 is 5.30. The SMILES string of the molecule is Cc1ccccc1C1CC(N(C(=O)c2cc(C(N)=O)co2)C2CC2)C1. The Morgan fingerprint density at radius 2 is 1.88 bits per heavy atom. The maximum absolute atomic E-state index is 12.9. The molecule has 0 spiro atoms. The van der Waals surface area contributed by atoms with Crippen LogP contribution in [-0.4, -0.2) is 28.8 Å². The molecule has 2 fully saturated rings. The monoisotopic (exact) mass is 338 g/mol. The number of hydrogen-bond donors (Lipinski definition) is 1. The summed E-state index contributed by atoms with van der Waals surface area (Å²) in [6.45, 7) is 2.14. The van der Waals surface area contributed by atoms with Gasteiger partial charge in [-0.05, 0) is 49.7 Å². The molecular formula is C20H22N2O3. The second-order valence-corrected chi connectivity index (χ2v) is 7.19. The van der Waals surface area contributed by atoms with Crippen molar-refractivity contribution >= 4 is 11.8 Å². The first kappa shape index (κ1) is 15.9. The molecule has 4 rings (SSSR count). The van der Waals surface area contributed by atoms with Gasteiger partial charge in [0.25, 0.3) is 11.8 Å². The van der Waals surface area contributed by atoms with Crippen LogP contribution in [0.2, 0.25) is 0 Å². The van der Waals surface area contributed by atoms with Gasteiger partial charge in [-0.15, -0.1) is 0 Å². The van der Waals surface area contributed by atoms with Gasteiger partial charge < -0.3 is 15.1 Å². The molecule has 0 bridgehead atoms. The fraction of sp³-hybridized carbons (Fsp3) is 0.400. The highest BCUT2D eigenvalue weighted by atomic mass is 16.3. The Kier molecular flexibility index (Phi) is 3.86. The highest BCUT2D eigenvalue weighted by Crippen LogP contribution is 2.44. The van der Waals surface area contributed by atoms with Crippen molar-refractivity contribution in [2.45, 2.75) is 50.6 Å². The highest BCUT2D eigenvalue weighted by molar-refractivity contribution is 5.97. The van der Waals surface area contributed by atoms with Gasteiger partial charge in [0.15, 0.2) is 5.76 Å².